The minimum absolute atomic E-state index is 0.00827. The lowest BCUT2D eigenvalue weighted by Gasteiger charge is -2.36. The van der Waals surface area contributed by atoms with Crippen LogP contribution in [0, 0.1) is 0 Å². The van der Waals surface area contributed by atoms with Gasteiger partial charge in [-0.05, 0) is 37.1 Å². The van der Waals surface area contributed by atoms with Gasteiger partial charge in [0.05, 0.1) is 0 Å². The maximum Gasteiger partial charge on any atom is 0.317 e. The van der Waals surface area contributed by atoms with Crippen molar-refractivity contribution in [1.29, 1.82) is 0 Å². The van der Waals surface area contributed by atoms with Crippen LogP contribution in [0.4, 0.5) is 16.2 Å². The van der Waals surface area contributed by atoms with Gasteiger partial charge in [0, 0.05) is 57.2 Å². The van der Waals surface area contributed by atoms with Crippen molar-refractivity contribution in [2.45, 2.75) is 12.8 Å². The predicted octanol–water partition coefficient (Wildman–Crippen LogP) is 2.30. The van der Waals surface area contributed by atoms with Gasteiger partial charge >= 0.3 is 6.03 Å². The van der Waals surface area contributed by atoms with Crippen LogP contribution in [0.2, 0.25) is 0 Å². The van der Waals surface area contributed by atoms with Crippen LogP contribution in [0.5, 0.6) is 0 Å². The highest BCUT2D eigenvalue weighted by molar-refractivity contribution is 5.74. The predicted molar refractivity (Wildman–Crippen MR) is 95.3 cm³/mol. The Morgan fingerprint density at radius 3 is 2.00 bits per heavy atom. The lowest BCUT2D eigenvalue weighted by atomic mass is 10.2. The summed E-state index contributed by atoms with van der Waals surface area (Å²) < 4.78 is 0. The van der Waals surface area contributed by atoms with E-state index in [0.29, 0.717) is 6.54 Å². The number of anilines is 2. The first-order chi connectivity index (χ1) is 11.3. The summed E-state index contributed by atoms with van der Waals surface area (Å²) in [6, 6.07) is 8.88. The molecule has 0 radical (unpaired) electrons. The molecule has 1 aromatic carbocycles. The van der Waals surface area contributed by atoms with Crippen molar-refractivity contribution in [1.82, 2.24) is 10.2 Å². The number of carbonyl (C=O) groups is 1. The Hall–Kier alpha value is -2.17. The molecule has 1 N–H and O–H groups in total. The minimum Gasteiger partial charge on any atom is -0.372 e. The molecule has 2 fully saturated rings. The third kappa shape index (κ3) is 3.78. The molecule has 3 rings (SSSR count). The molecule has 0 saturated carbocycles. The lowest BCUT2D eigenvalue weighted by molar-refractivity contribution is 0.195. The van der Waals surface area contributed by atoms with Crippen molar-refractivity contribution in [2.24, 2.45) is 0 Å². The Balaban J connectivity index is 1.53. The number of nitrogens with zero attached hydrogens (tertiary/aromatic N) is 3. The molecule has 2 aliphatic heterocycles. The number of hydrogen-bond donors (Lipinski definition) is 1. The largest absolute Gasteiger partial charge is 0.372 e. The fourth-order valence-electron chi connectivity index (χ4n) is 3.29. The van der Waals surface area contributed by atoms with Gasteiger partial charge in [-0.1, -0.05) is 6.08 Å². The molecule has 0 spiro atoms. The average Bonchev–Trinajstić information content (AvgIpc) is 3.14. The van der Waals surface area contributed by atoms with Crippen LogP contribution in [0.15, 0.2) is 36.9 Å². The molecule has 2 aliphatic rings. The molecular weight excluding hydrogens is 288 g/mol. The lowest BCUT2D eigenvalue weighted by Crippen LogP contribution is -2.51. The van der Waals surface area contributed by atoms with E-state index in [9.17, 15) is 4.79 Å². The van der Waals surface area contributed by atoms with Crippen LogP contribution in [0.25, 0.3) is 0 Å². The number of urea groups is 1. The number of rotatable bonds is 4. The Bertz CT molecular complexity index is 528. The average molecular weight is 314 g/mol. The molecule has 5 nitrogen and oxygen atoms in total. The van der Waals surface area contributed by atoms with E-state index < -0.39 is 0 Å². The third-order valence-corrected chi connectivity index (χ3v) is 4.65. The van der Waals surface area contributed by atoms with Gasteiger partial charge in [-0.25, -0.2) is 4.79 Å². The highest BCUT2D eigenvalue weighted by Crippen LogP contribution is 2.24. The van der Waals surface area contributed by atoms with Crippen molar-refractivity contribution in [2.75, 3.05) is 55.6 Å². The van der Waals surface area contributed by atoms with Crippen molar-refractivity contribution in [3.63, 3.8) is 0 Å². The van der Waals surface area contributed by atoms with Crippen LogP contribution in [-0.4, -0.2) is 56.7 Å². The molecule has 124 valence electrons. The second-order valence-corrected chi connectivity index (χ2v) is 6.16. The van der Waals surface area contributed by atoms with E-state index in [1.165, 1.54) is 37.3 Å². The number of piperazine rings is 1. The summed E-state index contributed by atoms with van der Waals surface area (Å²) in [5.74, 6) is 0. The smallest absolute Gasteiger partial charge is 0.317 e. The fraction of sp³-hybridized carbons (Fsp3) is 0.500. The number of amides is 2. The summed E-state index contributed by atoms with van der Waals surface area (Å²) in [4.78, 5) is 18.6. The molecule has 2 heterocycles. The van der Waals surface area contributed by atoms with E-state index in [1.807, 2.05) is 4.90 Å². The normalized spacial score (nSPS) is 18.2. The van der Waals surface area contributed by atoms with E-state index in [2.05, 4.69) is 46.0 Å². The Labute approximate surface area is 138 Å². The minimum atomic E-state index is 0.00827. The van der Waals surface area contributed by atoms with Gasteiger partial charge in [-0.3, -0.25) is 0 Å². The first-order valence-electron chi connectivity index (χ1n) is 8.51. The Morgan fingerprint density at radius 2 is 1.48 bits per heavy atom. The molecule has 0 aliphatic carbocycles. The van der Waals surface area contributed by atoms with Crippen molar-refractivity contribution >= 4 is 17.4 Å². The van der Waals surface area contributed by atoms with Crippen LogP contribution in [-0.2, 0) is 0 Å². The van der Waals surface area contributed by atoms with Crippen LogP contribution < -0.4 is 15.1 Å². The third-order valence-electron chi connectivity index (χ3n) is 4.65. The van der Waals surface area contributed by atoms with Gasteiger partial charge < -0.3 is 20.0 Å². The van der Waals surface area contributed by atoms with Crippen molar-refractivity contribution in [3.8, 4) is 0 Å². The SMILES string of the molecule is C=CCNC(=O)N1CCN(c2ccc(N3CCCC3)cc2)CC1. The van der Waals surface area contributed by atoms with Gasteiger partial charge in [0.25, 0.3) is 0 Å². The fourth-order valence-corrected chi connectivity index (χ4v) is 3.29. The summed E-state index contributed by atoms with van der Waals surface area (Å²) in [6.45, 7) is 9.78. The first kappa shape index (κ1) is 15.7. The van der Waals surface area contributed by atoms with Gasteiger partial charge in [0.15, 0.2) is 0 Å². The Kier molecular flexibility index (Phi) is 5.05. The van der Waals surface area contributed by atoms with E-state index in [-0.39, 0.29) is 6.03 Å². The van der Waals surface area contributed by atoms with Crippen LogP contribution in [0.1, 0.15) is 12.8 Å². The van der Waals surface area contributed by atoms with E-state index >= 15 is 0 Å². The zero-order valence-corrected chi connectivity index (χ0v) is 13.7. The standard InChI is InChI=1S/C18H26N4O/c1-2-9-19-18(23)22-14-12-21(13-15-22)17-7-5-16(6-8-17)20-10-3-4-11-20/h2,5-8H,1,3-4,9-15H2,(H,19,23). The molecule has 2 saturated heterocycles. The maximum atomic E-state index is 11.9. The first-order valence-corrected chi connectivity index (χ1v) is 8.51. The monoisotopic (exact) mass is 314 g/mol. The summed E-state index contributed by atoms with van der Waals surface area (Å²) in [5.41, 5.74) is 2.58. The molecule has 0 atom stereocenters. The molecule has 0 unspecified atom stereocenters. The maximum absolute atomic E-state index is 11.9. The van der Waals surface area contributed by atoms with Gasteiger partial charge in [-0.2, -0.15) is 0 Å². The van der Waals surface area contributed by atoms with Crippen molar-refractivity contribution < 1.29 is 4.79 Å². The molecule has 0 bridgehead atoms. The van der Waals surface area contributed by atoms with E-state index in [1.54, 1.807) is 6.08 Å². The summed E-state index contributed by atoms with van der Waals surface area (Å²) in [5, 5.41) is 2.84. The molecule has 5 heteroatoms. The van der Waals surface area contributed by atoms with Crippen LogP contribution in [0.3, 0.4) is 0 Å². The number of carbonyl (C=O) groups excluding carboxylic acids is 1. The molecular formula is C18H26N4O. The summed E-state index contributed by atoms with van der Waals surface area (Å²) >= 11 is 0. The topological polar surface area (TPSA) is 38.8 Å². The highest BCUT2D eigenvalue weighted by atomic mass is 16.2. The second-order valence-electron chi connectivity index (χ2n) is 6.16. The highest BCUT2D eigenvalue weighted by Gasteiger charge is 2.21. The molecule has 1 aromatic rings. The van der Waals surface area contributed by atoms with E-state index in [0.717, 1.165) is 26.2 Å². The summed E-state index contributed by atoms with van der Waals surface area (Å²) in [6.07, 6.45) is 4.31. The van der Waals surface area contributed by atoms with Gasteiger partial charge in [0.2, 0.25) is 0 Å². The molecule has 23 heavy (non-hydrogen) atoms. The van der Waals surface area contributed by atoms with Crippen LogP contribution >= 0.6 is 0 Å². The summed E-state index contributed by atoms with van der Waals surface area (Å²) in [7, 11) is 0. The van der Waals surface area contributed by atoms with E-state index in [4.69, 9.17) is 0 Å². The van der Waals surface area contributed by atoms with Crippen molar-refractivity contribution in [3.05, 3.63) is 36.9 Å². The zero-order valence-electron chi connectivity index (χ0n) is 13.7. The van der Waals surface area contributed by atoms with Gasteiger partial charge in [-0.15, -0.1) is 6.58 Å². The molecule has 2 amide bonds. The number of nitrogens with one attached hydrogen (secondary N) is 1. The Morgan fingerprint density at radius 1 is 0.957 bits per heavy atom. The molecule has 0 aromatic heterocycles. The number of hydrogen-bond acceptors (Lipinski definition) is 3. The quantitative estimate of drug-likeness (QED) is 0.867. The second kappa shape index (κ2) is 7.40. The zero-order chi connectivity index (χ0) is 16.1. The van der Waals surface area contributed by atoms with Gasteiger partial charge in [0.1, 0.15) is 0 Å². The number of benzene rings is 1.